The Morgan fingerprint density at radius 1 is 1.10 bits per heavy atom. The Bertz CT molecular complexity index is 1070. The number of anilines is 1. The van der Waals surface area contributed by atoms with Crippen LogP contribution < -0.4 is 10.5 Å². The molecule has 0 unspecified atom stereocenters. The van der Waals surface area contributed by atoms with Gasteiger partial charge in [0.1, 0.15) is 6.54 Å². The van der Waals surface area contributed by atoms with E-state index in [4.69, 9.17) is 0 Å². The van der Waals surface area contributed by atoms with Crippen molar-refractivity contribution in [2.24, 2.45) is 0 Å². The van der Waals surface area contributed by atoms with E-state index in [1.807, 2.05) is 22.4 Å². The molecule has 6 nitrogen and oxygen atoms in total. The second-order valence-corrected chi connectivity index (χ2v) is 8.32. The first-order valence-corrected chi connectivity index (χ1v) is 10.6. The van der Waals surface area contributed by atoms with Gasteiger partial charge in [0, 0.05) is 37.9 Å². The molecule has 0 radical (unpaired) electrons. The summed E-state index contributed by atoms with van der Waals surface area (Å²) in [6.45, 7) is 7.13. The van der Waals surface area contributed by atoms with E-state index in [1.54, 1.807) is 0 Å². The summed E-state index contributed by atoms with van der Waals surface area (Å²) in [6, 6.07) is 11.8. The fourth-order valence-corrected chi connectivity index (χ4v) is 4.30. The Morgan fingerprint density at radius 3 is 2.59 bits per heavy atom. The van der Waals surface area contributed by atoms with Crippen LogP contribution in [0.2, 0.25) is 0 Å². The summed E-state index contributed by atoms with van der Waals surface area (Å²) < 4.78 is 1.39. The molecule has 0 spiro atoms. The minimum Gasteiger partial charge on any atom is -0.368 e. The zero-order valence-corrected chi connectivity index (χ0v) is 17.5. The van der Waals surface area contributed by atoms with E-state index in [1.165, 1.54) is 45.1 Å². The van der Waals surface area contributed by atoms with Gasteiger partial charge in [0.25, 0.3) is 5.56 Å². The molecular weight excluding hydrogens is 384 g/mol. The van der Waals surface area contributed by atoms with E-state index in [-0.39, 0.29) is 18.0 Å². The second kappa shape index (κ2) is 8.21. The number of hydrogen-bond donors (Lipinski definition) is 0. The third-order valence-electron chi connectivity index (χ3n) is 5.30. The number of carbonyl (C=O) groups is 1. The van der Waals surface area contributed by atoms with Gasteiger partial charge in [-0.2, -0.15) is 0 Å². The lowest BCUT2D eigenvalue weighted by atomic mass is 10.1. The molecule has 2 aromatic heterocycles. The van der Waals surface area contributed by atoms with Crippen molar-refractivity contribution >= 4 is 22.9 Å². The molecule has 1 aliphatic rings. The first-order valence-electron chi connectivity index (χ1n) is 9.71. The highest BCUT2D eigenvalue weighted by molar-refractivity contribution is 7.13. The van der Waals surface area contributed by atoms with Crippen molar-refractivity contribution in [1.29, 1.82) is 0 Å². The van der Waals surface area contributed by atoms with Gasteiger partial charge in [-0.25, -0.2) is 4.98 Å². The summed E-state index contributed by atoms with van der Waals surface area (Å²) in [5, 5.41) is 1.95. The Labute approximate surface area is 174 Å². The quantitative estimate of drug-likeness (QED) is 0.666. The standard InChI is InChI=1S/C22H24N4O2S/c1-16-5-6-17(2)19(12-16)24-7-9-25(10-8-24)22(28)14-26-15-23-18(13-21(26)27)20-4-3-11-29-20/h3-6,11-13,15H,7-10,14H2,1-2H3. The highest BCUT2D eigenvalue weighted by Gasteiger charge is 2.22. The van der Waals surface area contributed by atoms with Crippen LogP contribution in [0.25, 0.3) is 10.6 Å². The third kappa shape index (κ3) is 4.24. The van der Waals surface area contributed by atoms with E-state index in [9.17, 15) is 9.59 Å². The van der Waals surface area contributed by atoms with E-state index >= 15 is 0 Å². The van der Waals surface area contributed by atoms with E-state index in [2.05, 4.69) is 41.9 Å². The van der Waals surface area contributed by atoms with Gasteiger partial charge < -0.3 is 9.80 Å². The van der Waals surface area contributed by atoms with Crippen molar-refractivity contribution in [3.8, 4) is 10.6 Å². The van der Waals surface area contributed by atoms with E-state index in [0.717, 1.165) is 18.0 Å². The first-order chi connectivity index (χ1) is 14.0. The van der Waals surface area contributed by atoms with Crippen molar-refractivity contribution in [2.75, 3.05) is 31.1 Å². The summed E-state index contributed by atoms with van der Waals surface area (Å²) in [4.78, 5) is 34.6. The fraction of sp³-hybridized carbons (Fsp3) is 0.318. The Hall–Kier alpha value is -2.93. The number of aromatic nitrogens is 2. The van der Waals surface area contributed by atoms with Crippen LogP contribution in [0.1, 0.15) is 11.1 Å². The fourth-order valence-electron chi connectivity index (χ4n) is 3.61. The molecule has 3 heterocycles. The van der Waals surface area contributed by atoms with E-state index in [0.29, 0.717) is 18.8 Å². The van der Waals surface area contributed by atoms with Gasteiger partial charge in [-0.3, -0.25) is 14.2 Å². The molecule has 3 aromatic rings. The number of carbonyl (C=O) groups excluding carboxylic acids is 1. The Balaban J connectivity index is 1.39. The zero-order chi connectivity index (χ0) is 20.4. The molecule has 0 bridgehead atoms. The van der Waals surface area contributed by atoms with Crippen molar-refractivity contribution in [3.05, 3.63) is 69.6 Å². The number of thiophene rings is 1. The summed E-state index contributed by atoms with van der Waals surface area (Å²) in [5.74, 6) is -0.0432. The maximum atomic E-state index is 12.7. The maximum absolute atomic E-state index is 12.7. The SMILES string of the molecule is Cc1ccc(C)c(N2CCN(C(=O)Cn3cnc(-c4cccs4)cc3=O)CC2)c1. The summed E-state index contributed by atoms with van der Waals surface area (Å²) in [7, 11) is 0. The predicted molar refractivity (Wildman–Crippen MR) is 117 cm³/mol. The van der Waals surface area contributed by atoms with Crippen LogP contribution in [-0.2, 0) is 11.3 Å². The van der Waals surface area contributed by atoms with Crippen molar-refractivity contribution in [2.45, 2.75) is 20.4 Å². The van der Waals surface area contributed by atoms with Gasteiger partial charge in [0.2, 0.25) is 5.91 Å². The number of rotatable bonds is 4. The van der Waals surface area contributed by atoms with Gasteiger partial charge in [-0.15, -0.1) is 11.3 Å². The summed E-state index contributed by atoms with van der Waals surface area (Å²) in [6.07, 6.45) is 1.47. The number of aryl methyl sites for hydroxylation is 2. The van der Waals surface area contributed by atoms with Crippen LogP contribution in [0.4, 0.5) is 5.69 Å². The van der Waals surface area contributed by atoms with Crippen LogP contribution in [-0.4, -0.2) is 46.5 Å². The minimum absolute atomic E-state index is 0.0278. The number of hydrogen-bond acceptors (Lipinski definition) is 5. The average molecular weight is 409 g/mol. The topological polar surface area (TPSA) is 58.4 Å². The normalized spacial score (nSPS) is 14.3. The van der Waals surface area contributed by atoms with Gasteiger partial charge in [0.05, 0.1) is 16.9 Å². The van der Waals surface area contributed by atoms with Gasteiger partial charge in [-0.05, 0) is 42.5 Å². The lowest BCUT2D eigenvalue weighted by molar-refractivity contribution is -0.132. The van der Waals surface area contributed by atoms with Gasteiger partial charge >= 0.3 is 0 Å². The minimum atomic E-state index is -0.203. The van der Waals surface area contributed by atoms with Crippen LogP contribution in [0.5, 0.6) is 0 Å². The average Bonchev–Trinajstić information content (AvgIpc) is 3.26. The van der Waals surface area contributed by atoms with Crippen molar-refractivity contribution < 1.29 is 4.79 Å². The van der Waals surface area contributed by atoms with E-state index < -0.39 is 0 Å². The Morgan fingerprint density at radius 2 is 1.90 bits per heavy atom. The molecule has 0 N–H and O–H groups in total. The second-order valence-electron chi connectivity index (χ2n) is 7.38. The predicted octanol–water partition coefficient (Wildman–Crippen LogP) is 2.94. The van der Waals surface area contributed by atoms with Crippen LogP contribution in [0, 0.1) is 13.8 Å². The van der Waals surface area contributed by atoms with Crippen LogP contribution in [0.3, 0.4) is 0 Å². The summed E-state index contributed by atoms with van der Waals surface area (Å²) in [5.41, 5.74) is 4.17. The molecule has 0 aliphatic carbocycles. The number of nitrogens with zero attached hydrogens (tertiary/aromatic N) is 4. The highest BCUT2D eigenvalue weighted by atomic mass is 32.1. The van der Waals surface area contributed by atoms with Crippen LogP contribution in [0.15, 0.2) is 52.9 Å². The summed E-state index contributed by atoms with van der Waals surface area (Å²) >= 11 is 1.54. The molecule has 1 aromatic carbocycles. The Kier molecular flexibility index (Phi) is 5.49. The molecule has 4 rings (SSSR count). The monoisotopic (exact) mass is 408 g/mol. The largest absolute Gasteiger partial charge is 0.368 e. The lowest BCUT2D eigenvalue weighted by Crippen LogP contribution is -2.50. The molecule has 7 heteroatoms. The van der Waals surface area contributed by atoms with Crippen molar-refractivity contribution in [3.63, 3.8) is 0 Å². The molecular formula is C22H24N4O2S. The highest BCUT2D eigenvalue weighted by Crippen LogP contribution is 2.23. The zero-order valence-electron chi connectivity index (χ0n) is 16.7. The van der Waals surface area contributed by atoms with Crippen molar-refractivity contribution in [1.82, 2.24) is 14.5 Å². The number of amides is 1. The molecule has 150 valence electrons. The van der Waals surface area contributed by atoms with Gasteiger partial charge in [0.15, 0.2) is 0 Å². The molecule has 1 saturated heterocycles. The smallest absolute Gasteiger partial charge is 0.254 e. The molecule has 1 aliphatic heterocycles. The molecule has 0 atom stereocenters. The molecule has 0 saturated carbocycles. The van der Waals surface area contributed by atoms with Gasteiger partial charge in [-0.1, -0.05) is 18.2 Å². The molecule has 1 fully saturated rings. The van der Waals surface area contributed by atoms with Crippen LogP contribution >= 0.6 is 11.3 Å². The first kappa shape index (κ1) is 19.4. The third-order valence-corrected chi connectivity index (χ3v) is 6.19. The number of benzene rings is 1. The molecule has 29 heavy (non-hydrogen) atoms. The number of piperazine rings is 1. The maximum Gasteiger partial charge on any atom is 0.254 e. The molecule has 1 amide bonds. The lowest BCUT2D eigenvalue weighted by Gasteiger charge is -2.37.